The van der Waals surface area contributed by atoms with E-state index >= 15 is 0 Å². The van der Waals surface area contributed by atoms with Crippen LogP contribution in [-0.2, 0) is 16.6 Å². The molecule has 0 saturated carbocycles. The van der Waals surface area contributed by atoms with Crippen molar-refractivity contribution in [3.63, 3.8) is 0 Å². The number of sulfonamides is 1. The quantitative estimate of drug-likeness (QED) is 0.452. The fourth-order valence-corrected chi connectivity index (χ4v) is 6.31. The molecule has 3 aromatic rings. The maximum atomic E-state index is 12.9. The highest BCUT2D eigenvalue weighted by Crippen LogP contribution is 2.28. The van der Waals surface area contributed by atoms with Crippen molar-refractivity contribution >= 4 is 37.3 Å². The first-order valence-corrected chi connectivity index (χ1v) is 11.9. The Morgan fingerprint density at radius 2 is 1.87 bits per heavy atom. The van der Waals surface area contributed by atoms with Crippen LogP contribution >= 0.6 is 11.3 Å². The Labute approximate surface area is 182 Å². The van der Waals surface area contributed by atoms with E-state index < -0.39 is 20.6 Å². The van der Waals surface area contributed by atoms with Crippen LogP contribution < -0.4 is 5.56 Å². The van der Waals surface area contributed by atoms with Crippen molar-refractivity contribution in [2.24, 2.45) is 0 Å². The van der Waals surface area contributed by atoms with Gasteiger partial charge in [-0.2, -0.15) is 4.31 Å². The number of nitrogens with zero attached hydrogens (tertiary/aromatic N) is 4. The Bertz CT molecular complexity index is 1320. The highest BCUT2D eigenvalue weighted by Gasteiger charge is 2.33. The molecule has 4 rings (SSSR count). The van der Waals surface area contributed by atoms with E-state index in [9.17, 15) is 23.3 Å². The van der Waals surface area contributed by atoms with Gasteiger partial charge in [-0.15, -0.1) is 11.3 Å². The summed E-state index contributed by atoms with van der Waals surface area (Å²) in [6, 6.07) is 5.36. The minimum Gasteiger partial charge on any atom is -0.309 e. The predicted molar refractivity (Wildman–Crippen MR) is 117 cm³/mol. The Morgan fingerprint density at radius 3 is 2.55 bits per heavy atom. The fraction of sp³-hybridized carbons (Fsp3) is 0.368. The molecular weight excluding hydrogens is 442 g/mol. The number of hydrogen-bond acceptors (Lipinski definition) is 8. The van der Waals surface area contributed by atoms with Gasteiger partial charge in [-0.1, -0.05) is 12.1 Å². The SMILES string of the molecule is Cc1sc2nc(CN3CCN(S(=O)(=O)c4ccccc4[N+](=O)[O-])CC3)[nH]c(=O)c2c1C. The number of fused-ring (bicyclic) bond motifs is 1. The zero-order valence-electron chi connectivity index (χ0n) is 17.0. The molecule has 0 aliphatic carbocycles. The third-order valence-corrected chi connectivity index (χ3v) is 8.52. The second kappa shape index (κ2) is 8.11. The molecule has 0 radical (unpaired) electrons. The lowest BCUT2D eigenvalue weighted by molar-refractivity contribution is -0.387. The molecule has 12 heteroatoms. The highest BCUT2D eigenvalue weighted by atomic mass is 32.2. The van der Waals surface area contributed by atoms with Gasteiger partial charge in [0.25, 0.3) is 11.2 Å². The summed E-state index contributed by atoms with van der Waals surface area (Å²) in [6.45, 7) is 5.48. The second-order valence-corrected chi connectivity index (χ2v) is 10.5. The van der Waals surface area contributed by atoms with Crippen LogP contribution in [-0.4, -0.2) is 58.7 Å². The molecule has 1 fully saturated rings. The van der Waals surface area contributed by atoms with Crippen LogP contribution in [0.5, 0.6) is 0 Å². The Balaban J connectivity index is 1.49. The summed E-state index contributed by atoms with van der Waals surface area (Å²) in [6.07, 6.45) is 0. The standard InChI is InChI=1S/C19H21N5O5S2/c1-12-13(2)30-19-17(12)18(25)20-16(21-19)11-22-7-9-23(10-8-22)31(28,29)15-6-4-3-5-14(15)24(26)27/h3-6H,7-11H2,1-2H3,(H,20,21,25). The minimum atomic E-state index is -3.98. The normalized spacial score (nSPS) is 16.1. The van der Waals surface area contributed by atoms with Gasteiger partial charge in [0, 0.05) is 37.1 Å². The van der Waals surface area contributed by atoms with Crippen LogP contribution in [0.15, 0.2) is 34.0 Å². The van der Waals surface area contributed by atoms with E-state index in [1.54, 1.807) is 0 Å². The number of piperazine rings is 1. The van der Waals surface area contributed by atoms with E-state index in [0.29, 0.717) is 35.7 Å². The number of nitro groups is 1. The van der Waals surface area contributed by atoms with Crippen molar-refractivity contribution in [1.82, 2.24) is 19.2 Å². The van der Waals surface area contributed by atoms with E-state index in [0.717, 1.165) is 10.4 Å². The van der Waals surface area contributed by atoms with Crippen LogP contribution in [0.3, 0.4) is 0 Å². The number of hydrogen-bond donors (Lipinski definition) is 1. The maximum Gasteiger partial charge on any atom is 0.289 e. The Hall–Kier alpha value is -2.67. The summed E-state index contributed by atoms with van der Waals surface area (Å²) < 4.78 is 27.2. The van der Waals surface area contributed by atoms with Crippen LogP contribution in [0, 0.1) is 24.0 Å². The van der Waals surface area contributed by atoms with E-state index in [1.807, 2.05) is 18.7 Å². The van der Waals surface area contributed by atoms with Crippen molar-refractivity contribution in [3.8, 4) is 0 Å². The summed E-state index contributed by atoms with van der Waals surface area (Å²) in [7, 11) is -3.98. The first-order valence-electron chi connectivity index (χ1n) is 9.63. The molecule has 0 bridgehead atoms. The number of nitrogens with one attached hydrogen (secondary N) is 1. The Morgan fingerprint density at radius 1 is 1.19 bits per heavy atom. The topological polar surface area (TPSA) is 130 Å². The van der Waals surface area contributed by atoms with Crippen molar-refractivity contribution in [2.75, 3.05) is 26.2 Å². The van der Waals surface area contributed by atoms with Crippen molar-refractivity contribution in [1.29, 1.82) is 0 Å². The van der Waals surface area contributed by atoms with Crippen LogP contribution in [0.1, 0.15) is 16.3 Å². The molecule has 10 nitrogen and oxygen atoms in total. The summed E-state index contributed by atoms with van der Waals surface area (Å²) in [5.74, 6) is 0.536. The molecular formula is C19H21N5O5S2. The monoisotopic (exact) mass is 463 g/mol. The third-order valence-electron chi connectivity index (χ3n) is 5.47. The van der Waals surface area contributed by atoms with E-state index in [4.69, 9.17) is 0 Å². The molecule has 0 atom stereocenters. The minimum absolute atomic E-state index is 0.167. The molecule has 1 N–H and O–H groups in total. The summed E-state index contributed by atoms with van der Waals surface area (Å²) in [5, 5.41) is 11.8. The number of thiophene rings is 1. The molecule has 1 aliphatic rings. The number of rotatable bonds is 5. The number of aryl methyl sites for hydroxylation is 2. The zero-order chi connectivity index (χ0) is 22.3. The van der Waals surface area contributed by atoms with Gasteiger partial charge in [0.15, 0.2) is 4.90 Å². The maximum absolute atomic E-state index is 12.9. The van der Waals surface area contributed by atoms with E-state index in [2.05, 4.69) is 9.97 Å². The molecule has 2 aromatic heterocycles. The molecule has 31 heavy (non-hydrogen) atoms. The summed E-state index contributed by atoms with van der Waals surface area (Å²) in [5.41, 5.74) is 0.343. The van der Waals surface area contributed by atoms with Crippen molar-refractivity contribution < 1.29 is 13.3 Å². The molecule has 1 saturated heterocycles. The van der Waals surface area contributed by atoms with Crippen LogP contribution in [0.25, 0.3) is 10.2 Å². The lowest BCUT2D eigenvalue weighted by Crippen LogP contribution is -2.48. The second-order valence-electron chi connectivity index (χ2n) is 7.38. The molecule has 164 valence electrons. The zero-order valence-corrected chi connectivity index (χ0v) is 18.6. The number of nitro benzene ring substituents is 1. The lowest BCUT2D eigenvalue weighted by atomic mass is 10.2. The number of aromatic nitrogens is 2. The van der Waals surface area contributed by atoms with Crippen molar-refractivity contribution in [2.45, 2.75) is 25.3 Å². The average Bonchev–Trinajstić information content (AvgIpc) is 3.02. The number of H-pyrrole nitrogens is 1. The van der Waals surface area contributed by atoms with Gasteiger partial charge in [0.05, 0.1) is 16.9 Å². The summed E-state index contributed by atoms with van der Waals surface area (Å²) in [4.78, 5) is 33.9. The van der Waals surface area contributed by atoms with Gasteiger partial charge in [-0.05, 0) is 25.5 Å². The predicted octanol–water partition coefficient (Wildman–Crippen LogP) is 2.02. The van der Waals surface area contributed by atoms with Gasteiger partial charge in [-0.25, -0.2) is 13.4 Å². The average molecular weight is 464 g/mol. The van der Waals surface area contributed by atoms with Crippen LogP contribution in [0.2, 0.25) is 0 Å². The molecule has 0 unspecified atom stereocenters. The number of para-hydroxylation sites is 1. The van der Waals surface area contributed by atoms with Gasteiger partial charge in [0.1, 0.15) is 10.7 Å². The first kappa shape index (κ1) is 21.6. The molecule has 3 heterocycles. The molecule has 1 aliphatic heterocycles. The first-order chi connectivity index (χ1) is 14.7. The molecule has 0 amide bonds. The Kier molecular flexibility index (Phi) is 5.64. The smallest absolute Gasteiger partial charge is 0.289 e. The molecule has 1 aromatic carbocycles. The van der Waals surface area contributed by atoms with E-state index in [-0.39, 0.29) is 23.5 Å². The van der Waals surface area contributed by atoms with Gasteiger partial charge in [0.2, 0.25) is 10.0 Å². The van der Waals surface area contributed by atoms with Crippen molar-refractivity contribution in [3.05, 3.63) is 61.0 Å². The number of aromatic amines is 1. The van der Waals surface area contributed by atoms with E-state index in [1.165, 1.54) is 39.9 Å². The highest BCUT2D eigenvalue weighted by molar-refractivity contribution is 7.89. The van der Waals surface area contributed by atoms with Gasteiger partial charge >= 0.3 is 0 Å². The third kappa shape index (κ3) is 3.99. The molecule has 0 spiro atoms. The fourth-order valence-electron chi connectivity index (χ4n) is 3.68. The lowest BCUT2D eigenvalue weighted by Gasteiger charge is -2.33. The summed E-state index contributed by atoms with van der Waals surface area (Å²) >= 11 is 1.48. The van der Waals surface area contributed by atoms with Crippen LogP contribution in [0.4, 0.5) is 5.69 Å². The largest absolute Gasteiger partial charge is 0.309 e. The van der Waals surface area contributed by atoms with Gasteiger partial charge < -0.3 is 4.98 Å². The number of benzene rings is 1. The van der Waals surface area contributed by atoms with Gasteiger partial charge in [-0.3, -0.25) is 19.8 Å².